The van der Waals surface area contributed by atoms with Crippen molar-refractivity contribution in [3.8, 4) is 17.2 Å². The smallest absolute Gasteiger partial charge is 0.193 e. The molecule has 0 heterocycles. The fraction of sp³-hybridized carbons (Fsp3) is 0.105. The molecule has 0 fully saturated rings. The second-order valence-corrected chi connectivity index (χ2v) is 4.72. The van der Waals surface area contributed by atoms with E-state index in [2.05, 4.69) is 0 Å². The van der Waals surface area contributed by atoms with Crippen molar-refractivity contribution < 1.29 is 19.4 Å². The van der Waals surface area contributed by atoms with Crippen LogP contribution in [0, 0.1) is 0 Å². The molecule has 0 radical (unpaired) electrons. The summed E-state index contributed by atoms with van der Waals surface area (Å²) in [6.07, 6.45) is 6.65. The Labute approximate surface area is 135 Å². The van der Waals surface area contributed by atoms with Gasteiger partial charge in [-0.2, -0.15) is 0 Å². The molecule has 0 saturated carbocycles. The molecule has 1 N–H and O–H groups in total. The van der Waals surface area contributed by atoms with Crippen LogP contribution in [-0.4, -0.2) is 25.1 Å². The van der Waals surface area contributed by atoms with Crippen molar-refractivity contribution in [2.24, 2.45) is 0 Å². The van der Waals surface area contributed by atoms with Crippen LogP contribution in [0.5, 0.6) is 17.2 Å². The van der Waals surface area contributed by atoms with E-state index in [1.165, 1.54) is 26.4 Å². The highest BCUT2D eigenvalue weighted by Gasteiger charge is 2.16. The SMILES string of the molecule is COc1cc(O)c(C(=O)/C=C/C=C/c2ccccc2)c(OC)c1. The number of phenols is 1. The summed E-state index contributed by atoms with van der Waals surface area (Å²) in [7, 11) is 2.91. The van der Waals surface area contributed by atoms with Gasteiger partial charge in [0.15, 0.2) is 5.78 Å². The highest BCUT2D eigenvalue weighted by molar-refractivity contribution is 6.08. The summed E-state index contributed by atoms with van der Waals surface area (Å²) in [5, 5.41) is 10.0. The maximum Gasteiger partial charge on any atom is 0.193 e. The molecule has 23 heavy (non-hydrogen) atoms. The van der Waals surface area contributed by atoms with E-state index in [4.69, 9.17) is 9.47 Å². The molecule has 118 valence electrons. The molecule has 0 unspecified atom stereocenters. The van der Waals surface area contributed by atoms with E-state index in [0.29, 0.717) is 5.75 Å². The molecule has 2 aromatic carbocycles. The van der Waals surface area contributed by atoms with Crippen LogP contribution < -0.4 is 9.47 Å². The van der Waals surface area contributed by atoms with E-state index < -0.39 is 0 Å². The Kier molecular flexibility index (Phi) is 5.58. The molecular weight excluding hydrogens is 292 g/mol. The zero-order valence-electron chi connectivity index (χ0n) is 13.0. The lowest BCUT2D eigenvalue weighted by Gasteiger charge is -2.10. The van der Waals surface area contributed by atoms with Crippen LogP contribution in [0.25, 0.3) is 6.08 Å². The summed E-state index contributed by atoms with van der Waals surface area (Å²) in [5.74, 6) is 0.162. The van der Waals surface area contributed by atoms with E-state index in [0.717, 1.165) is 5.56 Å². The molecule has 0 saturated heterocycles. The van der Waals surface area contributed by atoms with E-state index in [9.17, 15) is 9.90 Å². The van der Waals surface area contributed by atoms with Gasteiger partial charge in [-0.15, -0.1) is 0 Å². The van der Waals surface area contributed by atoms with Crippen LogP contribution in [0.4, 0.5) is 0 Å². The number of carbonyl (C=O) groups is 1. The van der Waals surface area contributed by atoms with Gasteiger partial charge in [-0.25, -0.2) is 0 Å². The third kappa shape index (κ3) is 4.23. The maximum atomic E-state index is 12.3. The van der Waals surface area contributed by atoms with Gasteiger partial charge in [0, 0.05) is 12.1 Å². The van der Waals surface area contributed by atoms with Crippen molar-refractivity contribution in [3.63, 3.8) is 0 Å². The normalized spacial score (nSPS) is 11.0. The molecule has 4 nitrogen and oxygen atoms in total. The molecule has 2 rings (SSSR count). The number of benzene rings is 2. The van der Waals surface area contributed by atoms with Crippen LogP contribution >= 0.6 is 0 Å². The molecule has 2 aromatic rings. The Morgan fingerprint density at radius 2 is 1.78 bits per heavy atom. The molecule has 0 spiro atoms. The minimum absolute atomic E-state index is 0.109. The highest BCUT2D eigenvalue weighted by atomic mass is 16.5. The monoisotopic (exact) mass is 310 g/mol. The number of aromatic hydroxyl groups is 1. The van der Waals surface area contributed by atoms with Gasteiger partial charge in [-0.05, 0) is 11.6 Å². The summed E-state index contributed by atoms with van der Waals surface area (Å²) in [6.45, 7) is 0. The molecule has 0 aliphatic heterocycles. The topological polar surface area (TPSA) is 55.8 Å². The van der Waals surface area contributed by atoms with Gasteiger partial charge < -0.3 is 14.6 Å². The number of ketones is 1. The summed E-state index contributed by atoms with van der Waals surface area (Å²) < 4.78 is 10.2. The largest absolute Gasteiger partial charge is 0.507 e. The van der Waals surface area contributed by atoms with Gasteiger partial charge in [0.1, 0.15) is 22.8 Å². The van der Waals surface area contributed by atoms with E-state index in [1.807, 2.05) is 36.4 Å². The van der Waals surface area contributed by atoms with Gasteiger partial charge in [0.25, 0.3) is 0 Å². The maximum absolute atomic E-state index is 12.3. The van der Waals surface area contributed by atoms with Crippen molar-refractivity contribution in [1.29, 1.82) is 0 Å². The van der Waals surface area contributed by atoms with Gasteiger partial charge in [0.2, 0.25) is 0 Å². The van der Waals surface area contributed by atoms with Crippen LogP contribution in [0.3, 0.4) is 0 Å². The van der Waals surface area contributed by atoms with Gasteiger partial charge in [-0.3, -0.25) is 4.79 Å². The van der Waals surface area contributed by atoms with E-state index in [1.54, 1.807) is 18.2 Å². The number of methoxy groups -OCH3 is 2. The highest BCUT2D eigenvalue weighted by Crippen LogP contribution is 2.33. The second-order valence-electron chi connectivity index (χ2n) is 4.72. The number of ether oxygens (including phenoxy) is 2. The zero-order chi connectivity index (χ0) is 16.7. The quantitative estimate of drug-likeness (QED) is 0.500. The lowest BCUT2D eigenvalue weighted by molar-refractivity contribution is 0.104. The fourth-order valence-corrected chi connectivity index (χ4v) is 2.06. The molecular formula is C19H18O4. The summed E-state index contributed by atoms with van der Waals surface area (Å²) >= 11 is 0. The van der Waals surface area contributed by atoms with E-state index in [-0.39, 0.29) is 22.8 Å². The first-order valence-corrected chi connectivity index (χ1v) is 7.05. The number of phenolic OH excluding ortho intramolecular Hbond substituents is 1. The fourth-order valence-electron chi connectivity index (χ4n) is 2.06. The van der Waals surface area contributed by atoms with Crippen molar-refractivity contribution >= 4 is 11.9 Å². The minimum Gasteiger partial charge on any atom is -0.507 e. The molecule has 0 atom stereocenters. The Balaban J connectivity index is 2.17. The van der Waals surface area contributed by atoms with Crippen molar-refractivity contribution in [1.82, 2.24) is 0 Å². The van der Waals surface area contributed by atoms with Crippen molar-refractivity contribution in [3.05, 3.63) is 71.8 Å². The van der Waals surface area contributed by atoms with Gasteiger partial charge in [0.05, 0.1) is 14.2 Å². The average molecular weight is 310 g/mol. The van der Waals surface area contributed by atoms with Crippen LogP contribution in [0.2, 0.25) is 0 Å². The summed E-state index contributed by atoms with van der Waals surface area (Å²) in [4.78, 5) is 12.3. The van der Waals surface area contributed by atoms with Crippen molar-refractivity contribution in [2.75, 3.05) is 14.2 Å². The number of allylic oxidation sites excluding steroid dienone is 3. The third-order valence-electron chi connectivity index (χ3n) is 3.20. The Bertz CT molecular complexity index is 731. The second kappa shape index (κ2) is 7.84. The molecule has 0 bridgehead atoms. The lowest BCUT2D eigenvalue weighted by atomic mass is 10.1. The Morgan fingerprint density at radius 1 is 1.04 bits per heavy atom. The molecule has 0 aromatic heterocycles. The molecule has 0 amide bonds. The van der Waals surface area contributed by atoms with Crippen LogP contribution in [0.1, 0.15) is 15.9 Å². The predicted octanol–water partition coefficient (Wildman–Crippen LogP) is 3.86. The number of rotatable bonds is 6. The third-order valence-corrected chi connectivity index (χ3v) is 3.20. The number of hydrogen-bond donors (Lipinski definition) is 1. The lowest BCUT2D eigenvalue weighted by Crippen LogP contribution is -2.00. The molecule has 0 aliphatic rings. The number of hydrogen-bond acceptors (Lipinski definition) is 4. The minimum atomic E-state index is -0.347. The predicted molar refractivity (Wildman–Crippen MR) is 90.2 cm³/mol. The number of carbonyl (C=O) groups excluding carboxylic acids is 1. The Hall–Kier alpha value is -3.01. The van der Waals surface area contributed by atoms with Gasteiger partial charge >= 0.3 is 0 Å². The zero-order valence-corrected chi connectivity index (χ0v) is 13.0. The van der Waals surface area contributed by atoms with Crippen LogP contribution in [-0.2, 0) is 0 Å². The average Bonchev–Trinajstić information content (AvgIpc) is 2.58. The Morgan fingerprint density at radius 3 is 2.43 bits per heavy atom. The molecule has 0 aliphatic carbocycles. The van der Waals surface area contributed by atoms with E-state index >= 15 is 0 Å². The first-order valence-electron chi connectivity index (χ1n) is 7.05. The molecule has 4 heteroatoms. The summed E-state index contributed by atoms with van der Waals surface area (Å²) in [5.41, 5.74) is 1.15. The first-order chi connectivity index (χ1) is 11.2. The van der Waals surface area contributed by atoms with Crippen LogP contribution in [0.15, 0.2) is 60.7 Å². The standard InChI is InChI=1S/C19H18O4/c1-22-15-12-17(21)19(18(13-15)23-2)16(20)11-7-6-10-14-8-4-3-5-9-14/h3-13,21H,1-2H3/b10-6+,11-7+. The van der Waals surface area contributed by atoms with Gasteiger partial charge in [-0.1, -0.05) is 48.6 Å². The summed E-state index contributed by atoms with van der Waals surface area (Å²) in [6, 6.07) is 12.7. The van der Waals surface area contributed by atoms with Crippen molar-refractivity contribution in [2.45, 2.75) is 0 Å². The first kappa shape index (κ1) is 16.4.